The smallest absolute Gasteiger partial charge is 0.251 e. The molecule has 3 heterocycles. The first kappa shape index (κ1) is 14.2. The molecule has 1 aliphatic rings. The molecule has 25 heavy (non-hydrogen) atoms. The topological polar surface area (TPSA) is 39.8 Å². The molecule has 0 unspecified atom stereocenters. The van der Waals surface area contributed by atoms with E-state index in [1.54, 1.807) is 12.3 Å². The molecule has 0 aliphatic heterocycles. The van der Waals surface area contributed by atoms with Gasteiger partial charge in [-0.1, -0.05) is 18.2 Å². The van der Waals surface area contributed by atoms with Crippen molar-refractivity contribution in [2.24, 2.45) is 0 Å². The summed E-state index contributed by atoms with van der Waals surface area (Å²) < 4.78 is 4.01. The second-order valence-corrected chi connectivity index (χ2v) is 6.53. The average molecular weight is 327 g/mol. The Morgan fingerprint density at radius 3 is 2.60 bits per heavy atom. The van der Waals surface area contributed by atoms with Crippen LogP contribution >= 0.6 is 0 Å². The SMILES string of the molecule is O=c1cc(-c2cc3ccncc3n2-c2ccccc2)ccn1C1CC1. The number of rotatable bonds is 3. The fourth-order valence-corrected chi connectivity index (χ4v) is 3.42. The third kappa shape index (κ3) is 2.38. The van der Waals surface area contributed by atoms with Crippen LogP contribution in [0.25, 0.3) is 27.8 Å². The van der Waals surface area contributed by atoms with Crippen molar-refractivity contribution >= 4 is 10.9 Å². The fourth-order valence-electron chi connectivity index (χ4n) is 3.42. The molecular formula is C21H17N3O. The van der Waals surface area contributed by atoms with Crippen molar-refractivity contribution in [3.63, 3.8) is 0 Å². The summed E-state index contributed by atoms with van der Waals surface area (Å²) in [4.78, 5) is 16.8. The Balaban J connectivity index is 1.76. The van der Waals surface area contributed by atoms with E-state index in [0.717, 1.165) is 40.7 Å². The molecule has 1 fully saturated rings. The minimum absolute atomic E-state index is 0.0722. The summed E-state index contributed by atoms with van der Waals surface area (Å²) in [7, 11) is 0. The van der Waals surface area contributed by atoms with Gasteiger partial charge in [-0.2, -0.15) is 0 Å². The summed E-state index contributed by atoms with van der Waals surface area (Å²) in [6.45, 7) is 0. The Bertz CT molecular complexity index is 1120. The first-order valence-electron chi connectivity index (χ1n) is 8.55. The number of nitrogens with zero attached hydrogens (tertiary/aromatic N) is 3. The Labute approximate surface area is 145 Å². The molecule has 0 N–H and O–H groups in total. The molecular weight excluding hydrogens is 310 g/mol. The molecule has 4 aromatic rings. The highest BCUT2D eigenvalue weighted by Crippen LogP contribution is 2.34. The standard InChI is InChI=1S/C21H17N3O/c25-21-13-16(9-11-23(21)17-6-7-17)19-12-15-8-10-22-14-20(15)24(19)18-4-2-1-3-5-18/h1-5,8-14,17H,6-7H2. The largest absolute Gasteiger partial charge is 0.312 e. The van der Waals surface area contributed by atoms with E-state index in [1.807, 2.05) is 47.3 Å². The van der Waals surface area contributed by atoms with E-state index in [1.165, 1.54) is 0 Å². The van der Waals surface area contributed by atoms with Gasteiger partial charge in [-0.3, -0.25) is 9.78 Å². The molecule has 0 radical (unpaired) electrons. The van der Waals surface area contributed by atoms with Crippen molar-refractivity contribution in [2.75, 3.05) is 0 Å². The van der Waals surface area contributed by atoms with Crippen molar-refractivity contribution in [3.8, 4) is 16.9 Å². The Morgan fingerprint density at radius 1 is 1.00 bits per heavy atom. The molecule has 4 nitrogen and oxygen atoms in total. The van der Waals surface area contributed by atoms with Crippen LogP contribution in [0.5, 0.6) is 0 Å². The zero-order valence-corrected chi connectivity index (χ0v) is 13.7. The van der Waals surface area contributed by atoms with Gasteiger partial charge in [-0.05, 0) is 43.2 Å². The molecule has 0 amide bonds. The van der Waals surface area contributed by atoms with Crippen LogP contribution in [0.4, 0.5) is 0 Å². The summed E-state index contributed by atoms with van der Waals surface area (Å²) in [5, 5.41) is 1.11. The normalized spacial score (nSPS) is 14.1. The molecule has 1 aromatic carbocycles. The van der Waals surface area contributed by atoms with Crippen molar-refractivity contribution in [2.45, 2.75) is 18.9 Å². The van der Waals surface area contributed by atoms with Gasteiger partial charge in [0.15, 0.2) is 0 Å². The number of benzene rings is 1. The van der Waals surface area contributed by atoms with Gasteiger partial charge in [0.05, 0.1) is 17.4 Å². The monoisotopic (exact) mass is 327 g/mol. The number of para-hydroxylation sites is 1. The van der Waals surface area contributed by atoms with Gasteiger partial charge in [0.1, 0.15) is 0 Å². The molecule has 0 spiro atoms. The molecule has 5 rings (SSSR count). The van der Waals surface area contributed by atoms with Gasteiger partial charge in [-0.25, -0.2) is 0 Å². The van der Waals surface area contributed by atoms with Gasteiger partial charge >= 0.3 is 0 Å². The van der Waals surface area contributed by atoms with Gasteiger partial charge in [0.2, 0.25) is 0 Å². The zero-order chi connectivity index (χ0) is 16.8. The van der Waals surface area contributed by atoms with E-state index in [2.05, 4.69) is 27.8 Å². The lowest BCUT2D eigenvalue weighted by molar-refractivity contribution is 0.707. The minimum atomic E-state index is 0.0722. The molecule has 1 saturated carbocycles. The second-order valence-electron chi connectivity index (χ2n) is 6.53. The van der Waals surface area contributed by atoms with E-state index in [4.69, 9.17) is 0 Å². The molecule has 3 aromatic heterocycles. The third-order valence-electron chi connectivity index (χ3n) is 4.81. The maximum absolute atomic E-state index is 12.5. The lowest BCUT2D eigenvalue weighted by atomic mass is 10.2. The van der Waals surface area contributed by atoms with Crippen molar-refractivity contribution in [1.82, 2.24) is 14.1 Å². The molecule has 122 valence electrons. The predicted octanol–water partition coefficient (Wildman–Crippen LogP) is 4.19. The average Bonchev–Trinajstić information content (AvgIpc) is 3.41. The van der Waals surface area contributed by atoms with E-state index in [9.17, 15) is 4.79 Å². The Hall–Kier alpha value is -3.14. The first-order valence-corrected chi connectivity index (χ1v) is 8.55. The van der Waals surface area contributed by atoms with Gasteiger partial charge in [-0.15, -0.1) is 0 Å². The van der Waals surface area contributed by atoms with Crippen LogP contribution < -0.4 is 5.56 Å². The quantitative estimate of drug-likeness (QED) is 0.566. The minimum Gasteiger partial charge on any atom is -0.312 e. The van der Waals surface area contributed by atoms with Crippen LogP contribution in [0.3, 0.4) is 0 Å². The molecule has 1 aliphatic carbocycles. The number of fused-ring (bicyclic) bond motifs is 1. The van der Waals surface area contributed by atoms with Crippen LogP contribution in [-0.4, -0.2) is 14.1 Å². The molecule has 0 saturated heterocycles. The predicted molar refractivity (Wildman–Crippen MR) is 99.0 cm³/mol. The first-order chi connectivity index (χ1) is 12.3. The van der Waals surface area contributed by atoms with E-state index in [-0.39, 0.29) is 5.56 Å². The van der Waals surface area contributed by atoms with Gasteiger partial charge in [0.25, 0.3) is 5.56 Å². The highest BCUT2D eigenvalue weighted by Gasteiger charge is 2.24. The lowest BCUT2D eigenvalue weighted by Gasteiger charge is -2.12. The van der Waals surface area contributed by atoms with Crippen LogP contribution in [0.1, 0.15) is 18.9 Å². The van der Waals surface area contributed by atoms with Crippen LogP contribution in [0, 0.1) is 0 Å². The lowest BCUT2D eigenvalue weighted by Crippen LogP contribution is -2.17. The third-order valence-corrected chi connectivity index (χ3v) is 4.81. The van der Waals surface area contributed by atoms with Crippen molar-refractivity contribution in [3.05, 3.63) is 83.5 Å². The van der Waals surface area contributed by atoms with Crippen LogP contribution in [0.2, 0.25) is 0 Å². The van der Waals surface area contributed by atoms with E-state index in [0.29, 0.717) is 6.04 Å². The second kappa shape index (κ2) is 5.45. The molecule has 4 heteroatoms. The molecule has 0 atom stereocenters. The highest BCUT2D eigenvalue weighted by molar-refractivity contribution is 5.88. The molecule has 0 bridgehead atoms. The fraction of sp³-hybridized carbons (Fsp3) is 0.143. The van der Waals surface area contributed by atoms with Gasteiger partial charge < -0.3 is 9.13 Å². The summed E-state index contributed by atoms with van der Waals surface area (Å²) in [5.41, 5.74) is 4.11. The maximum atomic E-state index is 12.5. The Morgan fingerprint density at radius 2 is 1.84 bits per heavy atom. The number of hydrogen-bond acceptors (Lipinski definition) is 2. The van der Waals surface area contributed by atoms with Crippen LogP contribution in [-0.2, 0) is 0 Å². The Kier molecular flexibility index (Phi) is 3.10. The highest BCUT2D eigenvalue weighted by atomic mass is 16.1. The number of pyridine rings is 2. The zero-order valence-electron chi connectivity index (χ0n) is 13.7. The number of hydrogen-bond donors (Lipinski definition) is 0. The maximum Gasteiger partial charge on any atom is 0.251 e. The van der Waals surface area contributed by atoms with Crippen LogP contribution in [0.15, 0.2) is 78.0 Å². The summed E-state index contributed by atoms with van der Waals surface area (Å²) in [5.74, 6) is 0. The van der Waals surface area contributed by atoms with Gasteiger partial charge in [0, 0.05) is 41.1 Å². The summed E-state index contributed by atoms with van der Waals surface area (Å²) in [6, 6.07) is 18.5. The van der Waals surface area contributed by atoms with Crippen molar-refractivity contribution in [1.29, 1.82) is 0 Å². The van der Waals surface area contributed by atoms with E-state index >= 15 is 0 Å². The number of aromatic nitrogens is 3. The summed E-state index contributed by atoms with van der Waals surface area (Å²) >= 11 is 0. The van der Waals surface area contributed by atoms with E-state index < -0.39 is 0 Å². The summed E-state index contributed by atoms with van der Waals surface area (Å²) in [6.07, 6.45) is 7.81. The van der Waals surface area contributed by atoms with Crippen molar-refractivity contribution < 1.29 is 0 Å².